The molecule has 0 aliphatic rings. The van der Waals surface area contributed by atoms with E-state index in [1.54, 1.807) is 48.5 Å². The van der Waals surface area contributed by atoms with Gasteiger partial charge in [-0.2, -0.15) is 0 Å². The van der Waals surface area contributed by atoms with Crippen LogP contribution in [0.5, 0.6) is 17.2 Å². The summed E-state index contributed by atoms with van der Waals surface area (Å²) < 4.78 is 16.8. The number of anilines is 1. The molecule has 51 heavy (non-hydrogen) atoms. The van der Waals surface area contributed by atoms with Crippen LogP contribution < -0.4 is 24.8 Å². The van der Waals surface area contributed by atoms with Crippen LogP contribution in [0.2, 0.25) is 0 Å². The molecule has 2 unspecified atom stereocenters. The Hall–Kier alpha value is -5.64. The molecule has 268 valence electrons. The number of carbonyl (C=O) groups is 4. The number of esters is 1. The van der Waals surface area contributed by atoms with E-state index in [1.807, 2.05) is 37.3 Å². The molecule has 0 bridgehead atoms. The second-order valence-electron chi connectivity index (χ2n) is 12.2. The van der Waals surface area contributed by atoms with Crippen LogP contribution >= 0.6 is 0 Å². The van der Waals surface area contributed by atoms with Crippen LogP contribution in [0.25, 0.3) is 0 Å². The minimum Gasteiger partial charge on any atom is -0.494 e. The number of carboxylic acid groups (broad SMARTS) is 1. The van der Waals surface area contributed by atoms with Crippen molar-refractivity contribution in [1.29, 1.82) is 0 Å². The van der Waals surface area contributed by atoms with Gasteiger partial charge in [0.1, 0.15) is 11.8 Å². The van der Waals surface area contributed by atoms with Gasteiger partial charge in [0, 0.05) is 17.7 Å². The van der Waals surface area contributed by atoms with E-state index in [0.717, 1.165) is 18.4 Å². The molecule has 2 amide bonds. The SMILES string of the molecule is CCCCCCCOc1ccc(C(=O)Oc2ccc(CC(NC(=O)c3ccc(NC(=O)C(CC)c4ccccc4)cc3)C(=O)O)cc2OC)cc1. The van der Waals surface area contributed by atoms with Crippen molar-refractivity contribution in [2.45, 2.75) is 70.8 Å². The molecule has 0 saturated heterocycles. The monoisotopic (exact) mass is 694 g/mol. The van der Waals surface area contributed by atoms with Crippen molar-refractivity contribution in [3.05, 3.63) is 119 Å². The third-order valence-electron chi connectivity index (χ3n) is 8.42. The predicted octanol–water partition coefficient (Wildman–Crippen LogP) is 7.82. The highest BCUT2D eigenvalue weighted by molar-refractivity contribution is 5.99. The zero-order valence-electron chi connectivity index (χ0n) is 29.4. The second kappa shape index (κ2) is 19.5. The van der Waals surface area contributed by atoms with Gasteiger partial charge >= 0.3 is 11.9 Å². The first-order valence-corrected chi connectivity index (χ1v) is 17.3. The van der Waals surface area contributed by atoms with Crippen LogP contribution in [0, 0.1) is 0 Å². The van der Waals surface area contributed by atoms with Gasteiger partial charge in [-0.1, -0.05) is 75.9 Å². The minimum atomic E-state index is -1.26. The van der Waals surface area contributed by atoms with E-state index in [2.05, 4.69) is 17.6 Å². The van der Waals surface area contributed by atoms with Crippen LogP contribution in [-0.2, 0) is 16.0 Å². The molecule has 0 radical (unpaired) electrons. The number of hydrogen-bond donors (Lipinski definition) is 3. The summed E-state index contributed by atoms with van der Waals surface area (Å²) in [5, 5.41) is 15.4. The summed E-state index contributed by atoms with van der Waals surface area (Å²) in [6.07, 6.45) is 6.27. The molecular formula is C41H46N2O8. The van der Waals surface area contributed by atoms with Crippen molar-refractivity contribution < 1.29 is 38.5 Å². The van der Waals surface area contributed by atoms with E-state index in [0.29, 0.717) is 35.6 Å². The number of aliphatic carboxylic acids is 1. The molecule has 4 aromatic rings. The Balaban J connectivity index is 1.32. The van der Waals surface area contributed by atoms with Gasteiger partial charge in [-0.15, -0.1) is 0 Å². The summed E-state index contributed by atoms with van der Waals surface area (Å²) in [7, 11) is 1.41. The third-order valence-corrected chi connectivity index (χ3v) is 8.42. The van der Waals surface area contributed by atoms with Crippen LogP contribution in [0.1, 0.15) is 90.1 Å². The van der Waals surface area contributed by atoms with Gasteiger partial charge in [0.2, 0.25) is 5.91 Å². The Morgan fingerprint density at radius 2 is 1.45 bits per heavy atom. The topological polar surface area (TPSA) is 140 Å². The number of benzene rings is 4. The maximum atomic E-state index is 13.0. The molecule has 0 saturated carbocycles. The fraction of sp³-hybridized carbons (Fsp3) is 0.317. The molecular weight excluding hydrogens is 648 g/mol. The lowest BCUT2D eigenvalue weighted by atomic mass is 9.95. The van der Waals surface area contributed by atoms with Gasteiger partial charge in [0.15, 0.2) is 11.5 Å². The number of nitrogens with one attached hydrogen (secondary N) is 2. The molecule has 4 rings (SSSR count). The summed E-state index contributed by atoms with van der Waals surface area (Å²) in [5.74, 6) is -1.81. The average Bonchev–Trinajstić information content (AvgIpc) is 3.14. The standard InChI is InChI=1S/C41H46N2O8/c1-4-6-7-8-12-25-50-33-22-18-31(19-23-33)41(48)51-36-24-15-28(27-37(36)49-3)26-35(40(46)47)43-38(44)30-16-20-32(21-17-30)42-39(45)34(5-2)29-13-10-9-11-14-29/h9-11,13-24,27,34-35H,4-8,12,25-26H2,1-3H3,(H,42,45)(H,43,44)(H,46,47). The Kier molecular flexibility index (Phi) is 14.6. The van der Waals surface area contributed by atoms with Gasteiger partial charge in [-0.3, -0.25) is 9.59 Å². The number of ether oxygens (including phenoxy) is 3. The van der Waals surface area contributed by atoms with Crippen molar-refractivity contribution in [2.75, 3.05) is 19.0 Å². The summed E-state index contributed by atoms with van der Waals surface area (Å²) in [4.78, 5) is 51.0. The molecule has 4 aromatic carbocycles. The summed E-state index contributed by atoms with van der Waals surface area (Å²) in [6.45, 7) is 4.74. The number of unbranched alkanes of at least 4 members (excludes halogenated alkanes) is 4. The molecule has 0 spiro atoms. The first-order chi connectivity index (χ1) is 24.7. The molecule has 0 aromatic heterocycles. The van der Waals surface area contributed by atoms with Crippen LogP contribution in [0.4, 0.5) is 5.69 Å². The zero-order valence-corrected chi connectivity index (χ0v) is 29.4. The maximum absolute atomic E-state index is 13.0. The molecule has 2 atom stereocenters. The molecule has 0 fully saturated rings. The lowest BCUT2D eigenvalue weighted by Gasteiger charge is -2.17. The highest BCUT2D eigenvalue weighted by atomic mass is 16.6. The molecule has 3 N–H and O–H groups in total. The highest BCUT2D eigenvalue weighted by Crippen LogP contribution is 2.30. The smallest absolute Gasteiger partial charge is 0.343 e. The van der Waals surface area contributed by atoms with E-state index >= 15 is 0 Å². The van der Waals surface area contributed by atoms with E-state index in [-0.39, 0.29) is 35.3 Å². The van der Waals surface area contributed by atoms with Crippen LogP contribution in [0.3, 0.4) is 0 Å². The molecule has 0 aliphatic heterocycles. The normalized spacial score (nSPS) is 11.9. The molecule has 10 nitrogen and oxygen atoms in total. The van der Waals surface area contributed by atoms with Gasteiger partial charge in [0.25, 0.3) is 5.91 Å². The van der Waals surface area contributed by atoms with E-state index in [1.165, 1.54) is 44.6 Å². The predicted molar refractivity (Wildman–Crippen MR) is 196 cm³/mol. The van der Waals surface area contributed by atoms with Gasteiger partial charge in [0.05, 0.1) is 25.2 Å². The number of carboxylic acids is 1. The number of rotatable bonds is 19. The zero-order chi connectivity index (χ0) is 36.6. The van der Waals surface area contributed by atoms with E-state index < -0.39 is 23.9 Å². The van der Waals surface area contributed by atoms with E-state index in [4.69, 9.17) is 14.2 Å². The highest BCUT2D eigenvalue weighted by Gasteiger charge is 2.23. The first kappa shape index (κ1) is 38.2. The van der Waals surface area contributed by atoms with Crippen LogP contribution in [-0.4, -0.2) is 48.6 Å². The summed E-state index contributed by atoms with van der Waals surface area (Å²) in [5.41, 5.74) is 2.53. The fourth-order valence-corrected chi connectivity index (χ4v) is 5.53. The average molecular weight is 695 g/mol. The summed E-state index contributed by atoms with van der Waals surface area (Å²) in [6, 6.07) is 25.9. The van der Waals surface area contributed by atoms with Crippen molar-refractivity contribution in [2.24, 2.45) is 0 Å². The van der Waals surface area contributed by atoms with Crippen molar-refractivity contribution >= 4 is 29.4 Å². The molecule has 0 aliphatic carbocycles. The summed E-state index contributed by atoms with van der Waals surface area (Å²) >= 11 is 0. The lowest BCUT2D eigenvalue weighted by molar-refractivity contribution is -0.139. The lowest BCUT2D eigenvalue weighted by Crippen LogP contribution is -2.42. The van der Waals surface area contributed by atoms with Crippen molar-refractivity contribution in [3.8, 4) is 17.2 Å². The van der Waals surface area contributed by atoms with Gasteiger partial charge in [-0.25, -0.2) is 9.59 Å². The Morgan fingerprint density at radius 3 is 2.10 bits per heavy atom. The van der Waals surface area contributed by atoms with Gasteiger partial charge in [-0.05, 0) is 84.6 Å². The quantitative estimate of drug-likeness (QED) is 0.0513. The van der Waals surface area contributed by atoms with Crippen LogP contribution in [0.15, 0.2) is 97.1 Å². The second-order valence-corrected chi connectivity index (χ2v) is 12.2. The largest absolute Gasteiger partial charge is 0.494 e. The molecule has 0 heterocycles. The number of carbonyl (C=O) groups excluding carboxylic acids is 3. The van der Waals surface area contributed by atoms with Gasteiger partial charge < -0.3 is 30.0 Å². The maximum Gasteiger partial charge on any atom is 0.343 e. The number of methoxy groups -OCH3 is 1. The van der Waals surface area contributed by atoms with Crippen molar-refractivity contribution in [1.82, 2.24) is 5.32 Å². The minimum absolute atomic E-state index is 0.0578. The fourth-order valence-electron chi connectivity index (χ4n) is 5.53. The first-order valence-electron chi connectivity index (χ1n) is 17.3. The van der Waals surface area contributed by atoms with E-state index in [9.17, 15) is 24.3 Å². The number of hydrogen-bond acceptors (Lipinski definition) is 7. The number of amides is 2. The molecule has 10 heteroatoms. The Morgan fingerprint density at radius 1 is 0.765 bits per heavy atom. The Labute approximate surface area is 299 Å². The third kappa shape index (κ3) is 11.5. The Bertz CT molecular complexity index is 1740. The van der Waals surface area contributed by atoms with Crippen molar-refractivity contribution in [3.63, 3.8) is 0 Å².